The van der Waals surface area contributed by atoms with E-state index in [4.69, 9.17) is 9.26 Å². The van der Waals surface area contributed by atoms with Gasteiger partial charge in [0.15, 0.2) is 0 Å². The number of aromatic nitrogens is 1. The molecule has 1 atom stereocenters. The Bertz CT molecular complexity index is 481. The summed E-state index contributed by atoms with van der Waals surface area (Å²) in [6.45, 7) is 8.84. The molecule has 0 radical (unpaired) electrons. The number of piperazine rings is 1. The summed E-state index contributed by atoms with van der Waals surface area (Å²) in [6, 6.07) is 0. The number of nitrogens with zero attached hydrogens (tertiary/aromatic N) is 3. The van der Waals surface area contributed by atoms with Crippen LogP contribution in [-0.2, 0) is 16.1 Å². The number of hydrogen-bond donors (Lipinski definition) is 0. The molecule has 0 N–H and O–H groups in total. The van der Waals surface area contributed by atoms with E-state index in [0.29, 0.717) is 0 Å². The molecule has 2 aliphatic heterocycles. The Kier molecular flexibility index (Phi) is 4.26. The maximum atomic E-state index is 12.3. The molecule has 1 aromatic heterocycles. The molecule has 21 heavy (non-hydrogen) atoms. The summed E-state index contributed by atoms with van der Waals surface area (Å²) in [5, 5.41) is 3.99. The van der Waals surface area contributed by atoms with Gasteiger partial charge in [-0.25, -0.2) is 0 Å². The largest absolute Gasteiger partial charge is 0.368 e. The minimum atomic E-state index is -0.195. The first-order valence-electron chi connectivity index (χ1n) is 7.69. The zero-order chi connectivity index (χ0) is 14.8. The van der Waals surface area contributed by atoms with E-state index in [9.17, 15) is 4.79 Å². The number of aryl methyl sites for hydroxylation is 2. The van der Waals surface area contributed by atoms with Crippen molar-refractivity contribution < 1.29 is 14.1 Å². The predicted octanol–water partition coefficient (Wildman–Crippen LogP) is 1.11. The van der Waals surface area contributed by atoms with Gasteiger partial charge < -0.3 is 14.2 Å². The number of carbonyl (C=O) groups is 1. The van der Waals surface area contributed by atoms with Crippen LogP contribution in [0.15, 0.2) is 4.52 Å². The molecule has 6 heteroatoms. The second kappa shape index (κ2) is 6.15. The molecule has 0 spiro atoms. The Hall–Kier alpha value is -1.40. The molecule has 0 aromatic carbocycles. The summed E-state index contributed by atoms with van der Waals surface area (Å²) >= 11 is 0. The first-order chi connectivity index (χ1) is 10.1. The molecule has 2 saturated heterocycles. The summed E-state index contributed by atoms with van der Waals surface area (Å²) in [5.74, 6) is 1.06. The van der Waals surface area contributed by atoms with Crippen LogP contribution in [0.1, 0.15) is 29.9 Å². The van der Waals surface area contributed by atoms with Crippen LogP contribution in [0.4, 0.5) is 0 Å². The first-order valence-corrected chi connectivity index (χ1v) is 7.69. The maximum absolute atomic E-state index is 12.3. The fourth-order valence-electron chi connectivity index (χ4n) is 3.05. The van der Waals surface area contributed by atoms with Crippen molar-refractivity contribution >= 4 is 5.91 Å². The van der Waals surface area contributed by atoms with Crippen LogP contribution in [0.25, 0.3) is 0 Å². The quantitative estimate of drug-likeness (QED) is 0.835. The van der Waals surface area contributed by atoms with E-state index >= 15 is 0 Å². The lowest BCUT2D eigenvalue weighted by atomic mass is 10.1. The minimum Gasteiger partial charge on any atom is -0.368 e. The van der Waals surface area contributed by atoms with E-state index in [1.54, 1.807) is 0 Å². The summed E-state index contributed by atoms with van der Waals surface area (Å²) in [4.78, 5) is 16.6. The molecule has 3 heterocycles. The number of rotatable bonds is 3. The molecule has 2 aliphatic rings. The van der Waals surface area contributed by atoms with Crippen molar-refractivity contribution in [1.82, 2.24) is 15.0 Å². The second-order valence-electron chi connectivity index (χ2n) is 5.91. The number of hydrogen-bond acceptors (Lipinski definition) is 5. The lowest BCUT2D eigenvalue weighted by Gasteiger charge is -2.35. The SMILES string of the molecule is Cc1noc(C)c1CN1CCN(C(=O)[C@H]2CCCO2)CC1. The van der Waals surface area contributed by atoms with Gasteiger partial charge in [-0.1, -0.05) is 5.16 Å². The van der Waals surface area contributed by atoms with Crippen LogP contribution in [0.5, 0.6) is 0 Å². The van der Waals surface area contributed by atoms with Gasteiger partial charge in [-0.2, -0.15) is 0 Å². The summed E-state index contributed by atoms with van der Waals surface area (Å²) < 4.78 is 10.7. The number of ether oxygens (including phenoxy) is 1. The van der Waals surface area contributed by atoms with Crippen molar-refractivity contribution in [1.29, 1.82) is 0 Å². The Morgan fingerprint density at radius 3 is 2.62 bits per heavy atom. The van der Waals surface area contributed by atoms with Gasteiger partial charge in [-0.3, -0.25) is 9.69 Å². The van der Waals surface area contributed by atoms with Gasteiger partial charge in [0.25, 0.3) is 5.91 Å². The first kappa shape index (κ1) is 14.5. The van der Waals surface area contributed by atoms with Gasteiger partial charge in [-0.15, -0.1) is 0 Å². The van der Waals surface area contributed by atoms with E-state index in [2.05, 4.69) is 10.1 Å². The van der Waals surface area contributed by atoms with Crippen molar-refractivity contribution in [2.24, 2.45) is 0 Å². The Labute approximate surface area is 125 Å². The molecular weight excluding hydrogens is 270 g/mol. The third-order valence-electron chi connectivity index (χ3n) is 4.45. The van der Waals surface area contributed by atoms with E-state index in [0.717, 1.165) is 63.6 Å². The molecule has 0 unspecified atom stereocenters. The Morgan fingerprint density at radius 1 is 1.29 bits per heavy atom. The summed E-state index contributed by atoms with van der Waals surface area (Å²) in [7, 11) is 0. The molecule has 116 valence electrons. The van der Waals surface area contributed by atoms with E-state index in [-0.39, 0.29) is 12.0 Å². The zero-order valence-corrected chi connectivity index (χ0v) is 12.8. The van der Waals surface area contributed by atoms with Crippen LogP contribution < -0.4 is 0 Å². The molecule has 2 fully saturated rings. The fraction of sp³-hybridized carbons (Fsp3) is 0.733. The van der Waals surface area contributed by atoms with E-state index in [1.807, 2.05) is 18.7 Å². The average molecular weight is 293 g/mol. The van der Waals surface area contributed by atoms with Crippen LogP contribution in [0.3, 0.4) is 0 Å². The van der Waals surface area contributed by atoms with Crippen molar-refractivity contribution in [3.05, 3.63) is 17.0 Å². The van der Waals surface area contributed by atoms with Crippen LogP contribution in [-0.4, -0.2) is 59.8 Å². The smallest absolute Gasteiger partial charge is 0.251 e. The second-order valence-corrected chi connectivity index (χ2v) is 5.91. The normalized spacial score (nSPS) is 23.7. The Balaban J connectivity index is 1.52. The minimum absolute atomic E-state index is 0.171. The van der Waals surface area contributed by atoms with Crippen LogP contribution in [0, 0.1) is 13.8 Å². The summed E-state index contributed by atoms with van der Waals surface area (Å²) in [5.41, 5.74) is 2.14. The third-order valence-corrected chi connectivity index (χ3v) is 4.45. The van der Waals surface area contributed by atoms with Gasteiger partial charge in [0.1, 0.15) is 11.9 Å². The predicted molar refractivity (Wildman–Crippen MR) is 76.8 cm³/mol. The monoisotopic (exact) mass is 293 g/mol. The molecule has 1 aromatic rings. The average Bonchev–Trinajstić information content (AvgIpc) is 3.13. The highest BCUT2D eigenvalue weighted by Crippen LogP contribution is 2.18. The molecule has 0 bridgehead atoms. The van der Waals surface area contributed by atoms with Crippen molar-refractivity contribution in [3.63, 3.8) is 0 Å². The molecule has 0 aliphatic carbocycles. The molecule has 3 rings (SSSR count). The highest BCUT2D eigenvalue weighted by molar-refractivity contribution is 5.81. The Morgan fingerprint density at radius 2 is 2.05 bits per heavy atom. The van der Waals surface area contributed by atoms with Gasteiger partial charge in [-0.05, 0) is 26.7 Å². The zero-order valence-electron chi connectivity index (χ0n) is 12.8. The lowest BCUT2D eigenvalue weighted by Crippen LogP contribution is -2.51. The van der Waals surface area contributed by atoms with Gasteiger partial charge in [0.05, 0.1) is 5.69 Å². The van der Waals surface area contributed by atoms with Crippen LogP contribution in [0.2, 0.25) is 0 Å². The van der Waals surface area contributed by atoms with Gasteiger partial charge in [0, 0.05) is 44.9 Å². The highest BCUT2D eigenvalue weighted by atomic mass is 16.5. The topological polar surface area (TPSA) is 58.8 Å². The molecule has 6 nitrogen and oxygen atoms in total. The van der Waals surface area contributed by atoms with Crippen molar-refractivity contribution in [2.75, 3.05) is 32.8 Å². The summed E-state index contributed by atoms with van der Waals surface area (Å²) in [6.07, 6.45) is 1.68. The lowest BCUT2D eigenvalue weighted by molar-refractivity contribution is -0.142. The molecule has 0 saturated carbocycles. The maximum Gasteiger partial charge on any atom is 0.251 e. The standard InChI is InChI=1S/C15H23N3O3/c1-11-13(12(2)21-16-11)10-17-5-7-18(8-6-17)15(19)14-4-3-9-20-14/h14H,3-10H2,1-2H3/t14-/m1/s1. The van der Waals surface area contributed by atoms with E-state index < -0.39 is 0 Å². The van der Waals surface area contributed by atoms with Crippen LogP contribution >= 0.6 is 0 Å². The van der Waals surface area contributed by atoms with Gasteiger partial charge >= 0.3 is 0 Å². The van der Waals surface area contributed by atoms with E-state index in [1.165, 1.54) is 5.56 Å². The molecule has 1 amide bonds. The van der Waals surface area contributed by atoms with Crippen molar-refractivity contribution in [2.45, 2.75) is 39.3 Å². The molecular formula is C15H23N3O3. The third kappa shape index (κ3) is 3.11. The van der Waals surface area contributed by atoms with Gasteiger partial charge in [0.2, 0.25) is 0 Å². The highest BCUT2D eigenvalue weighted by Gasteiger charge is 2.30. The number of carbonyl (C=O) groups excluding carboxylic acids is 1. The van der Waals surface area contributed by atoms with Crippen molar-refractivity contribution in [3.8, 4) is 0 Å². The number of amides is 1. The fourth-order valence-corrected chi connectivity index (χ4v) is 3.05.